The summed E-state index contributed by atoms with van der Waals surface area (Å²) in [6.45, 7) is 5.08. The van der Waals surface area contributed by atoms with E-state index in [9.17, 15) is 14.9 Å². The molecule has 0 aliphatic heterocycles. The van der Waals surface area contributed by atoms with Crippen LogP contribution in [-0.4, -0.2) is 25.8 Å². The molecule has 1 heterocycles. The first-order chi connectivity index (χ1) is 7.40. The number of hydrogen-bond donors (Lipinski definition) is 1. The maximum Gasteiger partial charge on any atom is 0.313 e. The van der Waals surface area contributed by atoms with Gasteiger partial charge < -0.3 is 5.11 Å². The lowest BCUT2D eigenvalue weighted by Crippen LogP contribution is -2.14. The van der Waals surface area contributed by atoms with Crippen molar-refractivity contribution in [3.63, 3.8) is 0 Å². The molecule has 16 heavy (non-hydrogen) atoms. The van der Waals surface area contributed by atoms with Gasteiger partial charge in [0, 0.05) is 6.54 Å². The Labute approximate surface area is 91.8 Å². The van der Waals surface area contributed by atoms with Crippen LogP contribution in [0.1, 0.15) is 31.2 Å². The van der Waals surface area contributed by atoms with E-state index in [0.717, 1.165) is 0 Å². The largest absolute Gasteiger partial charge is 0.481 e. The lowest BCUT2D eigenvalue weighted by Gasteiger charge is -2.07. The van der Waals surface area contributed by atoms with Crippen molar-refractivity contribution in [3.05, 3.63) is 21.5 Å². The quantitative estimate of drug-likeness (QED) is 0.617. The van der Waals surface area contributed by atoms with Gasteiger partial charge in [-0.25, -0.2) is 0 Å². The highest BCUT2D eigenvalue weighted by molar-refractivity contribution is 5.76. The summed E-state index contributed by atoms with van der Waals surface area (Å²) in [6.07, 6.45) is 0. The molecule has 0 saturated carbocycles. The second-order valence-corrected chi connectivity index (χ2v) is 3.45. The van der Waals surface area contributed by atoms with Crippen LogP contribution in [0.4, 0.5) is 5.69 Å². The molecule has 88 valence electrons. The second-order valence-electron chi connectivity index (χ2n) is 3.45. The van der Waals surface area contributed by atoms with Crippen molar-refractivity contribution in [2.45, 2.75) is 33.2 Å². The molecule has 1 aromatic rings. The van der Waals surface area contributed by atoms with Crippen molar-refractivity contribution in [2.75, 3.05) is 0 Å². The fourth-order valence-corrected chi connectivity index (χ4v) is 1.60. The van der Waals surface area contributed by atoms with E-state index in [1.54, 1.807) is 6.92 Å². The van der Waals surface area contributed by atoms with Crippen LogP contribution in [0.25, 0.3) is 0 Å². The molecule has 0 bridgehead atoms. The van der Waals surface area contributed by atoms with Gasteiger partial charge in [0.25, 0.3) is 0 Å². The molecule has 1 aromatic heterocycles. The monoisotopic (exact) mass is 227 g/mol. The first kappa shape index (κ1) is 12.2. The summed E-state index contributed by atoms with van der Waals surface area (Å²) in [5.41, 5.74) is 0.198. The molecule has 0 aliphatic carbocycles. The van der Waals surface area contributed by atoms with Crippen LogP contribution < -0.4 is 0 Å². The fraction of sp³-hybridized carbons (Fsp3) is 0.556. The highest BCUT2D eigenvalue weighted by atomic mass is 16.6. The molecule has 1 rings (SSSR count). The average molecular weight is 227 g/mol. The van der Waals surface area contributed by atoms with Crippen LogP contribution in [0.15, 0.2) is 0 Å². The molecule has 0 aliphatic rings. The highest BCUT2D eigenvalue weighted by Crippen LogP contribution is 2.29. The Morgan fingerprint density at radius 1 is 1.69 bits per heavy atom. The lowest BCUT2D eigenvalue weighted by atomic mass is 10.1. The van der Waals surface area contributed by atoms with Gasteiger partial charge in [0.15, 0.2) is 0 Å². The lowest BCUT2D eigenvalue weighted by molar-refractivity contribution is -0.386. The third-order valence-electron chi connectivity index (χ3n) is 2.40. The van der Waals surface area contributed by atoms with E-state index in [-0.39, 0.29) is 17.1 Å². The Morgan fingerprint density at radius 3 is 2.62 bits per heavy atom. The van der Waals surface area contributed by atoms with Crippen LogP contribution in [0.3, 0.4) is 0 Å². The highest BCUT2D eigenvalue weighted by Gasteiger charge is 2.31. The van der Waals surface area contributed by atoms with E-state index in [4.69, 9.17) is 5.11 Å². The van der Waals surface area contributed by atoms with Gasteiger partial charge >= 0.3 is 11.7 Å². The Kier molecular flexibility index (Phi) is 3.26. The van der Waals surface area contributed by atoms with Crippen molar-refractivity contribution >= 4 is 11.7 Å². The van der Waals surface area contributed by atoms with Crippen molar-refractivity contribution in [2.24, 2.45) is 0 Å². The van der Waals surface area contributed by atoms with Crippen molar-refractivity contribution in [3.8, 4) is 0 Å². The summed E-state index contributed by atoms with van der Waals surface area (Å²) in [7, 11) is 0. The van der Waals surface area contributed by atoms with Gasteiger partial charge in [0.1, 0.15) is 17.3 Å². The fourth-order valence-electron chi connectivity index (χ4n) is 1.60. The number of nitrogens with zero attached hydrogens (tertiary/aromatic N) is 3. The van der Waals surface area contributed by atoms with Crippen molar-refractivity contribution in [1.29, 1.82) is 0 Å². The van der Waals surface area contributed by atoms with E-state index in [2.05, 4.69) is 5.10 Å². The summed E-state index contributed by atoms with van der Waals surface area (Å²) in [5.74, 6) is -2.04. The first-order valence-electron chi connectivity index (χ1n) is 4.84. The molecule has 1 N–H and O–H groups in total. The molecule has 1 unspecified atom stereocenters. The van der Waals surface area contributed by atoms with E-state index < -0.39 is 16.8 Å². The standard InChI is InChI=1S/C9H13N3O4/c1-4-11-7(5(2)9(13)14)8(12(15)16)6(3)10-11/h5H,4H2,1-3H3,(H,13,14). The number of aliphatic carboxylic acids is 1. The Morgan fingerprint density at radius 2 is 2.25 bits per heavy atom. The summed E-state index contributed by atoms with van der Waals surface area (Å²) >= 11 is 0. The number of aromatic nitrogens is 2. The van der Waals surface area contributed by atoms with Gasteiger partial charge in [-0.15, -0.1) is 0 Å². The molecule has 0 amide bonds. The summed E-state index contributed by atoms with van der Waals surface area (Å²) in [4.78, 5) is 21.2. The zero-order valence-corrected chi connectivity index (χ0v) is 9.30. The average Bonchev–Trinajstić information content (AvgIpc) is 2.53. The van der Waals surface area contributed by atoms with Crippen molar-refractivity contribution < 1.29 is 14.8 Å². The Bertz CT molecular complexity index is 438. The summed E-state index contributed by atoms with van der Waals surface area (Å²) in [5, 5.41) is 23.7. The molecular weight excluding hydrogens is 214 g/mol. The van der Waals surface area contributed by atoms with Gasteiger partial charge in [-0.1, -0.05) is 0 Å². The molecule has 0 aromatic carbocycles. The second kappa shape index (κ2) is 4.30. The Hall–Kier alpha value is -1.92. The Balaban J connectivity index is 3.43. The summed E-state index contributed by atoms with van der Waals surface area (Å²) in [6, 6.07) is 0. The molecule has 0 saturated heterocycles. The maximum atomic E-state index is 10.9. The smallest absolute Gasteiger partial charge is 0.313 e. The third-order valence-corrected chi connectivity index (χ3v) is 2.40. The van der Waals surface area contributed by atoms with E-state index >= 15 is 0 Å². The van der Waals surface area contributed by atoms with Gasteiger partial charge in [-0.05, 0) is 20.8 Å². The number of carbonyl (C=O) groups is 1. The van der Waals surface area contributed by atoms with Gasteiger partial charge in [0.05, 0.1) is 4.92 Å². The zero-order valence-electron chi connectivity index (χ0n) is 9.30. The molecule has 0 spiro atoms. The van der Waals surface area contributed by atoms with Crippen molar-refractivity contribution in [1.82, 2.24) is 9.78 Å². The van der Waals surface area contributed by atoms with Crippen LogP contribution in [0.2, 0.25) is 0 Å². The van der Waals surface area contributed by atoms with E-state index in [1.165, 1.54) is 18.5 Å². The van der Waals surface area contributed by atoms with Crippen LogP contribution >= 0.6 is 0 Å². The zero-order chi connectivity index (χ0) is 12.5. The molecule has 1 atom stereocenters. The molecule has 7 heteroatoms. The predicted octanol–water partition coefficient (Wildman–Crippen LogP) is 1.31. The topological polar surface area (TPSA) is 98.3 Å². The molecule has 0 fully saturated rings. The van der Waals surface area contributed by atoms with E-state index in [1.807, 2.05) is 0 Å². The number of carboxylic acids is 1. The molecule has 0 radical (unpaired) electrons. The number of hydrogen-bond acceptors (Lipinski definition) is 4. The minimum Gasteiger partial charge on any atom is -0.481 e. The minimum absolute atomic E-state index is 0.150. The number of aryl methyl sites for hydroxylation is 2. The first-order valence-corrected chi connectivity index (χ1v) is 4.84. The van der Waals surface area contributed by atoms with Gasteiger partial charge in [0.2, 0.25) is 0 Å². The number of nitro groups is 1. The SMILES string of the molecule is CCn1nc(C)c([N+](=O)[O-])c1C(C)C(=O)O. The maximum absolute atomic E-state index is 10.9. The third kappa shape index (κ3) is 1.88. The summed E-state index contributed by atoms with van der Waals surface area (Å²) < 4.78 is 1.37. The van der Waals surface area contributed by atoms with Crippen LogP contribution in [0.5, 0.6) is 0 Å². The normalized spacial score (nSPS) is 12.4. The minimum atomic E-state index is -1.10. The molecular formula is C9H13N3O4. The van der Waals surface area contributed by atoms with Gasteiger partial charge in [-0.2, -0.15) is 5.10 Å². The van der Waals surface area contributed by atoms with Crippen LogP contribution in [-0.2, 0) is 11.3 Å². The van der Waals surface area contributed by atoms with Gasteiger partial charge in [-0.3, -0.25) is 19.6 Å². The number of carboxylic acid groups (broad SMARTS) is 1. The molecule has 7 nitrogen and oxygen atoms in total. The number of rotatable bonds is 4. The van der Waals surface area contributed by atoms with Crippen LogP contribution in [0, 0.1) is 17.0 Å². The van der Waals surface area contributed by atoms with E-state index in [0.29, 0.717) is 6.54 Å². The predicted molar refractivity (Wildman–Crippen MR) is 55.3 cm³/mol.